The van der Waals surface area contributed by atoms with Gasteiger partial charge in [-0.05, 0) is 42.7 Å². The molecule has 37 heavy (non-hydrogen) atoms. The van der Waals surface area contributed by atoms with Gasteiger partial charge in [0.1, 0.15) is 11.5 Å². The monoisotopic (exact) mass is 489 g/mol. The molecule has 2 heterocycles. The lowest BCUT2D eigenvalue weighted by Crippen LogP contribution is -2.39. The van der Waals surface area contributed by atoms with E-state index in [4.69, 9.17) is 5.73 Å². The quantitative estimate of drug-likeness (QED) is 0.298. The minimum Gasteiger partial charge on any atom is -0.384 e. The summed E-state index contributed by atoms with van der Waals surface area (Å²) in [6.45, 7) is 0. The van der Waals surface area contributed by atoms with Crippen molar-refractivity contribution in [2.45, 2.75) is 25.2 Å². The van der Waals surface area contributed by atoms with Crippen molar-refractivity contribution in [1.29, 1.82) is 5.26 Å². The Bertz CT molecular complexity index is 1750. The Morgan fingerprint density at radius 2 is 1.76 bits per heavy atom. The Kier molecular flexibility index (Phi) is 5.09. The number of nitro benzene ring substituents is 1. The molecule has 0 saturated carbocycles. The second-order valence-corrected chi connectivity index (χ2v) is 9.41. The maximum absolute atomic E-state index is 13.5. The summed E-state index contributed by atoms with van der Waals surface area (Å²) >= 11 is 0. The first-order valence-electron chi connectivity index (χ1n) is 12.1. The summed E-state index contributed by atoms with van der Waals surface area (Å²) < 4.78 is 2.12. The molecule has 0 radical (unpaired) electrons. The SMILES string of the molecule is Cn1c2ccccc2c2cc(C3C(C#N)=C(N)N(c4ccccc4[N+](=O)[O-])C4=C3C(=O)CCC4)ccc21. The number of hydrogen-bond donors (Lipinski definition) is 1. The van der Waals surface area contributed by atoms with Gasteiger partial charge in [0.25, 0.3) is 5.69 Å². The average molecular weight is 490 g/mol. The van der Waals surface area contributed by atoms with E-state index in [0.717, 1.165) is 27.4 Å². The van der Waals surface area contributed by atoms with E-state index in [1.807, 2.05) is 37.4 Å². The van der Waals surface area contributed by atoms with Crippen LogP contribution in [0.2, 0.25) is 0 Å². The molecule has 3 aromatic carbocycles. The number of allylic oxidation sites excluding steroid dienone is 3. The Labute approximate surface area is 212 Å². The molecule has 0 bridgehead atoms. The zero-order chi connectivity index (χ0) is 25.8. The molecular weight excluding hydrogens is 466 g/mol. The van der Waals surface area contributed by atoms with Gasteiger partial charge in [-0.3, -0.25) is 19.8 Å². The van der Waals surface area contributed by atoms with E-state index in [0.29, 0.717) is 30.5 Å². The van der Waals surface area contributed by atoms with E-state index in [1.54, 1.807) is 23.1 Å². The molecule has 0 spiro atoms. The largest absolute Gasteiger partial charge is 0.384 e. The van der Waals surface area contributed by atoms with E-state index in [2.05, 4.69) is 22.8 Å². The summed E-state index contributed by atoms with van der Waals surface area (Å²) in [5.74, 6) is -0.587. The minimum atomic E-state index is -0.643. The van der Waals surface area contributed by atoms with Gasteiger partial charge in [0.15, 0.2) is 5.78 Å². The van der Waals surface area contributed by atoms with Crippen LogP contribution < -0.4 is 10.6 Å². The molecule has 0 amide bonds. The molecular formula is C29H23N5O3. The van der Waals surface area contributed by atoms with Gasteiger partial charge in [0, 0.05) is 52.6 Å². The second-order valence-electron chi connectivity index (χ2n) is 9.41. The Balaban J connectivity index is 1.62. The van der Waals surface area contributed by atoms with Gasteiger partial charge in [-0.25, -0.2) is 0 Å². The van der Waals surface area contributed by atoms with Crippen LogP contribution in [0, 0.1) is 21.4 Å². The molecule has 1 unspecified atom stereocenters. The van der Waals surface area contributed by atoms with Crippen molar-refractivity contribution in [3.63, 3.8) is 0 Å². The average Bonchev–Trinajstić information content (AvgIpc) is 3.19. The molecule has 182 valence electrons. The number of benzene rings is 3. The zero-order valence-corrected chi connectivity index (χ0v) is 20.1. The van der Waals surface area contributed by atoms with Crippen LogP contribution in [0.3, 0.4) is 0 Å². The predicted molar refractivity (Wildman–Crippen MR) is 141 cm³/mol. The Morgan fingerprint density at radius 1 is 1.03 bits per heavy atom. The molecule has 2 N–H and O–H groups in total. The Hall–Kier alpha value is -4.90. The highest BCUT2D eigenvalue weighted by atomic mass is 16.6. The number of hydrogen-bond acceptors (Lipinski definition) is 6. The first-order chi connectivity index (χ1) is 17.9. The van der Waals surface area contributed by atoms with Crippen LogP contribution in [0.4, 0.5) is 11.4 Å². The summed E-state index contributed by atoms with van der Waals surface area (Å²) in [5, 5.41) is 24.3. The predicted octanol–water partition coefficient (Wildman–Crippen LogP) is 5.54. The summed E-state index contributed by atoms with van der Waals surface area (Å²) in [6, 6.07) is 22.6. The third kappa shape index (κ3) is 3.24. The molecule has 0 saturated heterocycles. The van der Waals surface area contributed by atoms with Gasteiger partial charge in [-0.2, -0.15) is 5.26 Å². The van der Waals surface area contributed by atoms with Gasteiger partial charge < -0.3 is 10.3 Å². The van der Waals surface area contributed by atoms with Crippen molar-refractivity contribution in [3.8, 4) is 6.07 Å². The summed E-state index contributed by atoms with van der Waals surface area (Å²) in [6.07, 6.45) is 1.49. The molecule has 8 heteroatoms. The number of Topliss-reactive ketones (excluding diaryl/α,β-unsaturated/α-hetero) is 1. The molecule has 4 aromatic rings. The van der Waals surface area contributed by atoms with Crippen molar-refractivity contribution in [1.82, 2.24) is 4.57 Å². The van der Waals surface area contributed by atoms with E-state index < -0.39 is 10.8 Å². The zero-order valence-electron chi connectivity index (χ0n) is 20.1. The molecule has 6 rings (SSSR count). The van der Waals surface area contributed by atoms with Gasteiger partial charge >= 0.3 is 0 Å². The third-order valence-corrected chi connectivity index (χ3v) is 7.50. The van der Waals surface area contributed by atoms with E-state index in [1.165, 1.54) is 6.07 Å². The lowest BCUT2D eigenvalue weighted by Gasteiger charge is -2.39. The number of anilines is 1. The number of ketones is 1. The fraction of sp³-hybridized carbons (Fsp3) is 0.172. The van der Waals surface area contributed by atoms with Crippen molar-refractivity contribution < 1.29 is 9.72 Å². The van der Waals surface area contributed by atoms with Gasteiger partial charge in [-0.15, -0.1) is 0 Å². The molecule has 2 aliphatic rings. The number of nitrogens with two attached hydrogens (primary N) is 1. The minimum absolute atomic E-state index is 0.0619. The smallest absolute Gasteiger partial charge is 0.293 e. The third-order valence-electron chi connectivity index (χ3n) is 7.50. The van der Waals surface area contributed by atoms with Gasteiger partial charge in [0.2, 0.25) is 0 Å². The van der Waals surface area contributed by atoms with Crippen molar-refractivity contribution in [2.75, 3.05) is 4.90 Å². The van der Waals surface area contributed by atoms with E-state index >= 15 is 0 Å². The maximum atomic E-state index is 13.5. The molecule has 1 aromatic heterocycles. The number of para-hydroxylation sites is 3. The molecule has 0 fully saturated rings. The van der Waals surface area contributed by atoms with Crippen LogP contribution >= 0.6 is 0 Å². The van der Waals surface area contributed by atoms with Gasteiger partial charge in [-0.1, -0.05) is 36.4 Å². The first-order valence-corrected chi connectivity index (χ1v) is 12.1. The fourth-order valence-electron chi connectivity index (χ4n) is 5.87. The number of carbonyl (C=O) groups is 1. The number of nitriles is 1. The lowest BCUT2D eigenvalue weighted by atomic mass is 9.75. The normalized spacial score (nSPS) is 17.9. The maximum Gasteiger partial charge on any atom is 0.293 e. The number of nitrogens with zero attached hydrogens (tertiary/aromatic N) is 4. The van der Waals surface area contributed by atoms with Gasteiger partial charge in [0.05, 0.1) is 22.5 Å². The number of aryl methyl sites for hydroxylation is 1. The van der Waals surface area contributed by atoms with Crippen molar-refractivity contribution >= 4 is 39.0 Å². The number of nitro groups is 1. The van der Waals surface area contributed by atoms with Crippen molar-refractivity contribution in [2.24, 2.45) is 12.8 Å². The topological polar surface area (TPSA) is 118 Å². The highest BCUT2D eigenvalue weighted by Gasteiger charge is 2.41. The molecule has 1 aliphatic carbocycles. The first kappa shape index (κ1) is 22.6. The highest BCUT2D eigenvalue weighted by Crippen LogP contribution is 2.48. The summed E-state index contributed by atoms with van der Waals surface area (Å²) in [4.78, 5) is 26.4. The van der Waals surface area contributed by atoms with Crippen LogP contribution in [0.5, 0.6) is 0 Å². The van der Waals surface area contributed by atoms with Crippen LogP contribution in [0.25, 0.3) is 21.8 Å². The number of carbonyl (C=O) groups excluding carboxylic acids is 1. The summed E-state index contributed by atoms with van der Waals surface area (Å²) in [5.41, 5.74) is 11.0. The van der Waals surface area contributed by atoms with Crippen molar-refractivity contribution in [3.05, 3.63) is 105 Å². The van der Waals surface area contributed by atoms with Crippen LogP contribution in [0.1, 0.15) is 30.7 Å². The number of aromatic nitrogens is 1. The lowest BCUT2D eigenvalue weighted by molar-refractivity contribution is -0.384. The fourth-order valence-corrected chi connectivity index (χ4v) is 5.87. The van der Waals surface area contributed by atoms with Crippen LogP contribution in [-0.4, -0.2) is 15.3 Å². The second kappa shape index (κ2) is 8.35. The molecule has 1 aliphatic heterocycles. The highest BCUT2D eigenvalue weighted by molar-refractivity contribution is 6.08. The molecule has 8 nitrogen and oxygen atoms in total. The standard InChI is InChI=1S/C29H23N5O3/c1-32-21-8-3-2-7-18(21)19-15-17(13-14-22(19)32)27-20(16-30)29(31)33(25-11-6-12-26(35)28(25)27)23-9-4-5-10-24(23)34(36)37/h2-5,7-10,13-15,27H,6,11-12,31H2,1H3. The summed E-state index contributed by atoms with van der Waals surface area (Å²) in [7, 11) is 2.01. The molecule has 1 atom stereocenters. The number of fused-ring (bicyclic) bond motifs is 3. The van der Waals surface area contributed by atoms with E-state index in [9.17, 15) is 20.2 Å². The Morgan fingerprint density at radius 3 is 2.54 bits per heavy atom. The number of rotatable bonds is 3. The van der Waals surface area contributed by atoms with Crippen LogP contribution in [0.15, 0.2) is 89.4 Å². The van der Waals surface area contributed by atoms with E-state index in [-0.39, 0.29) is 28.6 Å². The van der Waals surface area contributed by atoms with Crippen LogP contribution in [-0.2, 0) is 11.8 Å².